The predicted molar refractivity (Wildman–Crippen MR) is 46.5 cm³/mol. The SMILES string of the molecule is CCCC(=O)NCCNCC. The van der Waals surface area contributed by atoms with E-state index < -0.39 is 0 Å². The van der Waals surface area contributed by atoms with Gasteiger partial charge in [-0.2, -0.15) is 0 Å². The minimum atomic E-state index is 0.158. The minimum Gasteiger partial charge on any atom is -0.355 e. The molecule has 0 radical (unpaired) electrons. The number of hydrogen-bond donors (Lipinski definition) is 2. The van der Waals surface area contributed by atoms with Crippen molar-refractivity contribution < 1.29 is 4.79 Å². The zero-order chi connectivity index (χ0) is 8.53. The second-order valence-corrected chi connectivity index (χ2v) is 2.45. The summed E-state index contributed by atoms with van der Waals surface area (Å²) in [5.41, 5.74) is 0. The maximum absolute atomic E-state index is 10.9. The lowest BCUT2D eigenvalue weighted by Crippen LogP contribution is -2.31. The maximum atomic E-state index is 10.9. The van der Waals surface area contributed by atoms with E-state index in [9.17, 15) is 4.79 Å². The molecule has 0 unspecified atom stereocenters. The van der Waals surface area contributed by atoms with Gasteiger partial charge in [-0.25, -0.2) is 0 Å². The summed E-state index contributed by atoms with van der Waals surface area (Å²) < 4.78 is 0. The van der Waals surface area contributed by atoms with Gasteiger partial charge in [0.1, 0.15) is 0 Å². The summed E-state index contributed by atoms with van der Waals surface area (Å²) in [6.07, 6.45) is 1.57. The lowest BCUT2D eigenvalue weighted by molar-refractivity contribution is -0.121. The quantitative estimate of drug-likeness (QED) is 0.553. The molecule has 0 aliphatic rings. The molecule has 0 rings (SSSR count). The second kappa shape index (κ2) is 7.54. The first-order chi connectivity index (χ1) is 5.31. The van der Waals surface area contributed by atoms with E-state index in [0.29, 0.717) is 6.42 Å². The number of hydrogen-bond acceptors (Lipinski definition) is 2. The van der Waals surface area contributed by atoms with Crippen LogP contribution in [0.4, 0.5) is 0 Å². The summed E-state index contributed by atoms with van der Waals surface area (Å²) in [7, 11) is 0. The van der Waals surface area contributed by atoms with Crippen LogP contribution in [0.3, 0.4) is 0 Å². The summed E-state index contributed by atoms with van der Waals surface area (Å²) in [6.45, 7) is 6.63. The molecular formula is C8H18N2O. The third-order valence-electron chi connectivity index (χ3n) is 1.35. The first kappa shape index (κ1) is 10.4. The van der Waals surface area contributed by atoms with Crippen LogP contribution in [0.25, 0.3) is 0 Å². The number of carbonyl (C=O) groups excluding carboxylic acids is 1. The molecule has 0 bridgehead atoms. The van der Waals surface area contributed by atoms with Crippen LogP contribution in [0.1, 0.15) is 26.7 Å². The van der Waals surface area contributed by atoms with Gasteiger partial charge in [-0.1, -0.05) is 13.8 Å². The van der Waals surface area contributed by atoms with Crippen LogP contribution in [0.2, 0.25) is 0 Å². The zero-order valence-corrected chi connectivity index (χ0v) is 7.44. The van der Waals surface area contributed by atoms with Crippen molar-refractivity contribution in [3.05, 3.63) is 0 Å². The highest BCUT2D eigenvalue weighted by Gasteiger charge is 1.95. The predicted octanol–water partition coefficient (Wildman–Crippen LogP) is 0.512. The molecule has 3 heteroatoms. The largest absolute Gasteiger partial charge is 0.355 e. The summed E-state index contributed by atoms with van der Waals surface area (Å²) in [5, 5.41) is 5.95. The molecule has 3 nitrogen and oxygen atoms in total. The fourth-order valence-corrected chi connectivity index (χ4v) is 0.783. The molecule has 0 heterocycles. The first-order valence-electron chi connectivity index (χ1n) is 4.28. The Morgan fingerprint density at radius 2 is 2.00 bits per heavy atom. The molecule has 0 saturated carbocycles. The number of likely N-dealkylation sites (N-methyl/N-ethyl adjacent to an activating group) is 1. The van der Waals surface area contributed by atoms with Gasteiger partial charge in [0.05, 0.1) is 0 Å². The van der Waals surface area contributed by atoms with Crippen molar-refractivity contribution in [2.45, 2.75) is 26.7 Å². The molecule has 11 heavy (non-hydrogen) atoms. The van der Waals surface area contributed by atoms with Crippen molar-refractivity contribution >= 4 is 5.91 Å². The molecule has 0 atom stereocenters. The van der Waals surface area contributed by atoms with E-state index in [0.717, 1.165) is 26.1 Å². The average molecular weight is 158 g/mol. The van der Waals surface area contributed by atoms with Crippen molar-refractivity contribution in [2.24, 2.45) is 0 Å². The lowest BCUT2D eigenvalue weighted by Gasteiger charge is -2.03. The first-order valence-corrected chi connectivity index (χ1v) is 4.28. The Labute approximate surface area is 68.6 Å². The topological polar surface area (TPSA) is 41.1 Å². The summed E-state index contributed by atoms with van der Waals surface area (Å²) in [6, 6.07) is 0. The summed E-state index contributed by atoms with van der Waals surface area (Å²) in [5.74, 6) is 0.158. The Balaban J connectivity index is 3.04. The molecule has 0 fully saturated rings. The van der Waals surface area contributed by atoms with E-state index >= 15 is 0 Å². The van der Waals surface area contributed by atoms with Crippen LogP contribution >= 0.6 is 0 Å². The van der Waals surface area contributed by atoms with Gasteiger partial charge in [0.25, 0.3) is 0 Å². The Morgan fingerprint density at radius 1 is 1.27 bits per heavy atom. The molecule has 66 valence electrons. The normalized spacial score (nSPS) is 9.64. The summed E-state index contributed by atoms with van der Waals surface area (Å²) >= 11 is 0. The average Bonchev–Trinajstić information content (AvgIpc) is 1.99. The van der Waals surface area contributed by atoms with Gasteiger partial charge in [0, 0.05) is 19.5 Å². The van der Waals surface area contributed by atoms with Gasteiger partial charge in [-0.3, -0.25) is 4.79 Å². The van der Waals surface area contributed by atoms with Gasteiger partial charge < -0.3 is 10.6 Å². The van der Waals surface area contributed by atoms with Crippen LogP contribution < -0.4 is 10.6 Å². The molecule has 0 spiro atoms. The number of rotatable bonds is 6. The lowest BCUT2D eigenvalue weighted by atomic mass is 10.3. The Hall–Kier alpha value is -0.570. The van der Waals surface area contributed by atoms with Crippen LogP contribution in [0.5, 0.6) is 0 Å². The molecule has 0 aromatic rings. The monoisotopic (exact) mass is 158 g/mol. The van der Waals surface area contributed by atoms with Crippen molar-refractivity contribution in [3.63, 3.8) is 0 Å². The fourth-order valence-electron chi connectivity index (χ4n) is 0.783. The van der Waals surface area contributed by atoms with Gasteiger partial charge in [-0.15, -0.1) is 0 Å². The highest BCUT2D eigenvalue weighted by Crippen LogP contribution is 1.83. The Morgan fingerprint density at radius 3 is 2.55 bits per heavy atom. The molecular weight excluding hydrogens is 140 g/mol. The Kier molecular flexibility index (Phi) is 7.15. The minimum absolute atomic E-state index is 0.158. The van der Waals surface area contributed by atoms with Crippen LogP contribution in [0, 0.1) is 0 Å². The third-order valence-corrected chi connectivity index (χ3v) is 1.35. The Bertz CT molecular complexity index is 104. The highest BCUT2D eigenvalue weighted by atomic mass is 16.1. The van der Waals surface area contributed by atoms with Gasteiger partial charge in [-0.05, 0) is 13.0 Å². The van der Waals surface area contributed by atoms with Crippen LogP contribution in [0.15, 0.2) is 0 Å². The smallest absolute Gasteiger partial charge is 0.220 e. The number of carbonyl (C=O) groups is 1. The van der Waals surface area contributed by atoms with Crippen molar-refractivity contribution in [2.75, 3.05) is 19.6 Å². The zero-order valence-electron chi connectivity index (χ0n) is 7.44. The van der Waals surface area contributed by atoms with E-state index in [4.69, 9.17) is 0 Å². The summed E-state index contributed by atoms with van der Waals surface area (Å²) in [4.78, 5) is 10.9. The van der Waals surface area contributed by atoms with Gasteiger partial charge in [0.2, 0.25) is 5.91 Å². The molecule has 0 aliphatic carbocycles. The standard InChI is InChI=1S/C8H18N2O/c1-3-5-8(11)10-7-6-9-4-2/h9H,3-7H2,1-2H3,(H,10,11). The number of nitrogens with one attached hydrogen (secondary N) is 2. The molecule has 0 aliphatic heterocycles. The fraction of sp³-hybridized carbons (Fsp3) is 0.875. The second-order valence-electron chi connectivity index (χ2n) is 2.45. The molecule has 0 aromatic carbocycles. The molecule has 2 N–H and O–H groups in total. The van der Waals surface area contributed by atoms with Gasteiger partial charge >= 0.3 is 0 Å². The molecule has 1 amide bonds. The highest BCUT2D eigenvalue weighted by molar-refractivity contribution is 5.75. The maximum Gasteiger partial charge on any atom is 0.220 e. The van der Waals surface area contributed by atoms with E-state index in [1.165, 1.54) is 0 Å². The van der Waals surface area contributed by atoms with Crippen LogP contribution in [-0.4, -0.2) is 25.5 Å². The third kappa shape index (κ3) is 7.33. The van der Waals surface area contributed by atoms with E-state index in [1.807, 2.05) is 13.8 Å². The van der Waals surface area contributed by atoms with E-state index in [1.54, 1.807) is 0 Å². The van der Waals surface area contributed by atoms with Crippen molar-refractivity contribution in [1.82, 2.24) is 10.6 Å². The van der Waals surface area contributed by atoms with Gasteiger partial charge in [0.15, 0.2) is 0 Å². The van der Waals surface area contributed by atoms with Crippen LogP contribution in [-0.2, 0) is 4.79 Å². The van der Waals surface area contributed by atoms with Crippen molar-refractivity contribution in [3.8, 4) is 0 Å². The van der Waals surface area contributed by atoms with E-state index in [2.05, 4.69) is 10.6 Å². The van der Waals surface area contributed by atoms with E-state index in [-0.39, 0.29) is 5.91 Å². The van der Waals surface area contributed by atoms with Crippen molar-refractivity contribution in [1.29, 1.82) is 0 Å². The number of amides is 1. The molecule has 0 saturated heterocycles. The molecule has 0 aromatic heterocycles.